The Morgan fingerprint density at radius 3 is 2.00 bits per heavy atom. The lowest BCUT2D eigenvalue weighted by Gasteiger charge is -2.37. The molecular formula is C26H30F3N5O3. The molecule has 2 aliphatic heterocycles. The normalized spacial score (nSPS) is 16.3. The van der Waals surface area contributed by atoms with Crippen LogP contribution in [0.2, 0.25) is 0 Å². The minimum Gasteiger partial charge on any atom is -0.366 e. The van der Waals surface area contributed by atoms with E-state index in [1.165, 1.54) is 15.9 Å². The summed E-state index contributed by atoms with van der Waals surface area (Å²) < 4.78 is 42.3. The second-order valence-corrected chi connectivity index (χ2v) is 9.47. The highest BCUT2D eigenvalue weighted by Gasteiger charge is 2.27. The van der Waals surface area contributed by atoms with Crippen molar-refractivity contribution in [2.45, 2.75) is 13.8 Å². The fourth-order valence-corrected chi connectivity index (χ4v) is 4.52. The van der Waals surface area contributed by atoms with Crippen LogP contribution in [0.1, 0.15) is 24.2 Å². The van der Waals surface area contributed by atoms with Gasteiger partial charge in [0.2, 0.25) is 5.91 Å². The van der Waals surface area contributed by atoms with E-state index in [1.807, 2.05) is 18.7 Å². The van der Waals surface area contributed by atoms with E-state index in [4.69, 9.17) is 0 Å². The second-order valence-electron chi connectivity index (χ2n) is 9.47. The maximum absolute atomic E-state index is 14.9. The lowest BCUT2D eigenvalue weighted by molar-refractivity contribution is -0.134. The number of nitrogens with one attached hydrogen (secondary N) is 1. The summed E-state index contributed by atoms with van der Waals surface area (Å²) in [5.74, 6) is -2.61. The monoisotopic (exact) mass is 517 g/mol. The summed E-state index contributed by atoms with van der Waals surface area (Å²) in [6, 6.07) is 6.75. The number of benzene rings is 2. The molecule has 2 heterocycles. The Morgan fingerprint density at radius 2 is 1.38 bits per heavy atom. The average molecular weight is 518 g/mol. The van der Waals surface area contributed by atoms with Crippen LogP contribution >= 0.6 is 0 Å². The largest absolute Gasteiger partial charge is 0.366 e. The highest BCUT2D eigenvalue weighted by molar-refractivity contribution is 5.95. The second kappa shape index (κ2) is 11.1. The van der Waals surface area contributed by atoms with E-state index in [2.05, 4.69) is 5.32 Å². The number of hydrogen-bond acceptors (Lipinski definition) is 4. The molecular weight excluding hydrogens is 487 g/mol. The molecule has 0 aromatic heterocycles. The number of piperazine rings is 2. The van der Waals surface area contributed by atoms with Crippen molar-refractivity contribution in [3.63, 3.8) is 0 Å². The van der Waals surface area contributed by atoms with Gasteiger partial charge in [0.05, 0.1) is 11.3 Å². The molecule has 0 spiro atoms. The van der Waals surface area contributed by atoms with Crippen LogP contribution in [0.5, 0.6) is 0 Å². The van der Waals surface area contributed by atoms with E-state index in [-0.39, 0.29) is 43.6 Å². The Kier molecular flexibility index (Phi) is 7.89. The van der Waals surface area contributed by atoms with Gasteiger partial charge >= 0.3 is 6.03 Å². The molecule has 2 fully saturated rings. The average Bonchev–Trinajstić information content (AvgIpc) is 2.89. The third kappa shape index (κ3) is 5.98. The molecule has 0 bridgehead atoms. The first-order valence-corrected chi connectivity index (χ1v) is 12.3. The lowest BCUT2D eigenvalue weighted by atomic mass is 10.1. The minimum atomic E-state index is -0.803. The first kappa shape index (κ1) is 26.3. The smallest absolute Gasteiger partial charge is 0.321 e. The van der Waals surface area contributed by atoms with Gasteiger partial charge in [0, 0.05) is 64.0 Å². The lowest BCUT2D eigenvalue weighted by Crippen LogP contribution is -2.51. The molecule has 4 amide bonds. The Bertz CT molecular complexity index is 1180. The molecule has 11 heteroatoms. The molecule has 8 nitrogen and oxygen atoms in total. The molecule has 2 saturated heterocycles. The van der Waals surface area contributed by atoms with Crippen molar-refractivity contribution in [1.82, 2.24) is 14.7 Å². The van der Waals surface area contributed by atoms with E-state index >= 15 is 0 Å². The van der Waals surface area contributed by atoms with Gasteiger partial charge in [0.25, 0.3) is 5.91 Å². The number of amides is 4. The van der Waals surface area contributed by atoms with Crippen LogP contribution in [-0.4, -0.2) is 84.9 Å². The van der Waals surface area contributed by atoms with Crippen molar-refractivity contribution in [3.8, 4) is 0 Å². The highest BCUT2D eigenvalue weighted by Crippen LogP contribution is 2.25. The first-order valence-electron chi connectivity index (χ1n) is 12.3. The maximum Gasteiger partial charge on any atom is 0.321 e. The number of carbonyl (C=O) groups excluding carboxylic acids is 3. The van der Waals surface area contributed by atoms with Gasteiger partial charge in [-0.05, 0) is 36.4 Å². The fourth-order valence-electron chi connectivity index (χ4n) is 4.52. The summed E-state index contributed by atoms with van der Waals surface area (Å²) in [6.07, 6.45) is 0. The molecule has 1 N–H and O–H groups in total. The van der Waals surface area contributed by atoms with Crippen LogP contribution in [0.15, 0.2) is 36.4 Å². The van der Waals surface area contributed by atoms with E-state index in [0.717, 1.165) is 18.2 Å². The van der Waals surface area contributed by atoms with Crippen LogP contribution < -0.4 is 10.2 Å². The number of anilines is 2. The zero-order valence-electron chi connectivity index (χ0n) is 20.8. The predicted molar refractivity (Wildman–Crippen MR) is 133 cm³/mol. The standard InChI is InChI=1S/C26H30F3N5O3/c1-17(2)24(35)32-9-7-31(8-10-32)23-6-4-19(16-22(23)29)30-26(37)34-13-11-33(12-14-34)25(36)20-15-18(27)3-5-21(20)28/h3-6,15-17H,7-14H2,1-2H3,(H,30,37). The Morgan fingerprint density at radius 1 is 0.757 bits per heavy atom. The molecule has 0 aliphatic carbocycles. The molecule has 37 heavy (non-hydrogen) atoms. The summed E-state index contributed by atoms with van der Waals surface area (Å²) in [6.45, 7) is 6.48. The van der Waals surface area contributed by atoms with Gasteiger partial charge < -0.3 is 24.9 Å². The van der Waals surface area contributed by atoms with Crippen LogP contribution in [-0.2, 0) is 4.79 Å². The molecule has 198 valence electrons. The molecule has 2 aromatic rings. The molecule has 2 aliphatic rings. The summed E-state index contributed by atoms with van der Waals surface area (Å²) in [7, 11) is 0. The van der Waals surface area contributed by atoms with Crippen molar-refractivity contribution in [3.05, 3.63) is 59.4 Å². The topological polar surface area (TPSA) is 76.2 Å². The van der Waals surface area contributed by atoms with Crippen molar-refractivity contribution >= 4 is 29.2 Å². The number of carbonyl (C=O) groups is 3. The van der Waals surface area contributed by atoms with Gasteiger partial charge in [-0.2, -0.15) is 0 Å². The molecule has 0 radical (unpaired) electrons. The summed E-state index contributed by atoms with van der Waals surface area (Å²) in [4.78, 5) is 43.9. The summed E-state index contributed by atoms with van der Waals surface area (Å²) in [5.41, 5.74) is 0.355. The summed E-state index contributed by atoms with van der Waals surface area (Å²) >= 11 is 0. The molecule has 2 aromatic carbocycles. The van der Waals surface area contributed by atoms with Crippen LogP contribution in [0.4, 0.5) is 29.3 Å². The Balaban J connectivity index is 1.30. The summed E-state index contributed by atoms with van der Waals surface area (Å²) in [5, 5.41) is 2.67. The van der Waals surface area contributed by atoms with Gasteiger partial charge in [-0.25, -0.2) is 18.0 Å². The first-order chi connectivity index (χ1) is 17.6. The third-order valence-corrected chi connectivity index (χ3v) is 6.64. The van der Waals surface area contributed by atoms with E-state index in [9.17, 15) is 27.6 Å². The van der Waals surface area contributed by atoms with Gasteiger partial charge in [0.1, 0.15) is 17.5 Å². The van der Waals surface area contributed by atoms with Crippen molar-refractivity contribution in [2.24, 2.45) is 5.92 Å². The van der Waals surface area contributed by atoms with Crippen molar-refractivity contribution in [1.29, 1.82) is 0 Å². The maximum atomic E-state index is 14.9. The molecule has 4 rings (SSSR count). The molecule has 0 saturated carbocycles. The van der Waals surface area contributed by atoms with Crippen LogP contribution in [0, 0.1) is 23.4 Å². The SMILES string of the molecule is CC(C)C(=O)N1CCN(c2ccc(NC(=O)N3CCN(C(=O)c4cc(F)ccc4F)CC3)cc2F)CC1. The predicted octanol–water partition coefficient (Wildman–Crippen LogP) is 3.40. The Hall–Kier alpha value is -3.76. The molecule has 0 unspecified atom stereocenters. The fraction of sp³-hybridized carbons (Fsp3) is 0.423. The highest BCUT2D eigenvalue weighted by atomic mass is 19.1. The van der Waals surface area contributed by atoms with Gasteiger partial charge in [0.15, 0.2) is 0 Å². The van der Waals surface area contributed by atoms with Gasteiger partial charge in [-0.1, -0.05) is 13.8 Å². The van der Waals surface area contributed by atoms with Gasteiger partial charge in [-0.15, -0.1) is 0 Å². The zero-order chi connectivity index (χ0) is 26.7. The molecule has 0 atom stereocenters. The third-order valence-electron chi connectivity index (χ3n) is 6.64. The Labute approximate surface area is 213 Å². The van der Waals surface area contributed by atoms with Crippen molar-refractivity contribution in [2.75, 3.05) is 62.6 Å². The van der Waals surface area contributed by atoms with E-state index < -0.39 is 29.4 Å². The number of hydrogen-bond donors (Lipinski definition) is 1. The quantitative estimate of drug-likeness (QED) is 0.675. The number of nitrogens with zero attached hydrogens (tertiary/aromatic N) is 4. The van der Waals surface area contributed by atoms with Crippen LogP contribution in [0.3, 0.4) is 0 Å². The van der Waals surface area contributed by atoms with E-state index in [1.54, 1.807) is 17.0 Å². The van der Waals surface area contributed by atoms with Crippen LogP contribution in [0.25, 0.3) is 0 Å². The number of urea groups is 1. The van der Waals surface area contributed by atoms with Crippen molar-refractivity contribution < 1.29 is 27.6 Å². The van der Waals surface area contributed by atoms with Gasteiger partial charge in [-0.3, -0.25) is 9.59 Å². The number of halogens is 3. The number of rotatable bonds is 4. The van der Waals surface area contributed by atoms with E-state index in [0.29, 0.717) is 37.6 Å². The zero-order valence-corrected chi connectivity index (χ0v) is 20.8. The minimum absolute atomic E-state index is 0.0777.